The van der Waals surface area contributed by atoms with E-state index >= 15 is 0 Å². The van der Waals surface area contributed by atoms with E-state index in [2.05, 4.69) is 9.84 Å². The normalized spacial score (nSPS) is 21.8. The first-order valence-corrected chi connectivity index (χ1v) is 8.53. The van der Waals surface area contributed by atoms with Crippen LogP contribution < -0.4 is 9.64 Å². The molecule has 2 atom stereocenters. The van der Waals surface area contributed by atoms with Crippen LogP contribution in [0.1, 0.15) is 5.56 Å². The van der Waals surface area contributed by atoms with Crippen molar-refractivity contribution in [3.05, 3.63) is 60.7 Å². The lowest BCUT2D eigenvalue weighted by Crippen LogP contribution is -2.48. The zero-order chi connectivity index (χ0) is 20.1. The number of benzene rings is 1. The summed E-state index contributed by atoms with van der Waals surface area (Å²) in [5, 5.41) is 4.20. The molecule has 6 nitrogen and oxygen atoms in total. The maximum atomic E-state index is 13.1. The van der Waals surface area contributed by atoms with Gasteiger partial charge in [-0.1, -0.05) is 6.08 Å². The summed E-state index contributed by atoms with van der Waals surface area (Å²) < 4.78 is 42.7. The number of carbonyl (C=O) groups excluding carboxylic acids is 1. The number of carbonyl (C=O) groups is 1. The van der Waals surface area contributed by atoms with Crippen molar-refractivity contribution in [1.29, 1.82) is 0 Å². The van der Waals surface area contributed by atoms with Crippen molar-refractivity contribution in [2.75, 3.05) is 11.9 Å². The molecular weight excluding hydrogens is 373 g/mol. The molecule has 1 aromatic carbocycles. The predicted octanol–water partition coefficient (Wildman–Crippen LogP) is 3.15. The van der Waals surface area contributed by atoms with E-state index in [4.69, 9.17) is 0 Å². The molecule has 0 fully saturated rings. The maximum Gasteiger partial charge on any atom is 0.573 e. The number of amides is 1. The highest BCUT2D eigenvalue weighted by Gasteiger charge is 2.42. The fraction of sp³-hybridized carbons (Fsp3) is 0.263. The average Bonchev–Trinajstić information content (AvgIpc) is 3.22. The van der Waals surface area contributed by atoms with Crippen LogP contribution in [0.2, 0.25) is 0 Å². The average molecular weight is 390 g/mol. The van der Waals surface area contributed by atoms with Gasteiger partial charge in [0.15, 0.2) is 0 Å². The molecule has 28 heavy (non-hydrogen) atoms. The summed E-state index contributed by atoms with van der Waals surface area (Å²) in [6.07, 6.45) is 4.39. The van der Waals surface area contributed by atoms with Crippen LogP contribution in [0.5, 0.6) is 5.75 Å². The summed E-state index contributed by atoms with van der Waals surface area (Å²) >= 11 is 0. The quantitative estimate of drug-likeness (QED) is 0.808. The number of rotatable bonds is 3. The number of halogens is 3. The van der Waals surface area contributed by atoms with Crippen molar-refractivity contribution in [1.82, 2.24) is 14.7 Å². The molecule has 0 spiro atoms. The Bertz CT molecular complexity index is 962. The SMILES string of the molecule is CN1C=CC2C(c3cnn(C)c3)=CN(c3ccc(OC(F)(F)F)cc3)C(=O)C21. The number of nitrogens with zero attached hydrogens (tertiary/aromatic N) is 4. The Morgan fingerprint density at radius 1 is 1.14 bits per heavy atom. The van der Waals surface area contributed by atoms with Gasteiger partial charge in [0.2, 0.25) is 0 Å². The van der Waals surface area contributed by atoms with Gasteiger partial charge in [-0.15, -0.1) is 13.2 Å². The Balaban J connectivity index is 1.71. The molecule has 2 aliphatic heterocycles. The third-order valence-electron chi connectivity index (χ3n) is 4.81. The molecule has 146 valence electrons. The van der Waals surface area contributed by atoms with Crippen molar-refractivity contribution in [3.63, 3.8) is 0 Å². The number of fused-ring (bicyclic) bond motifs is 1. The maximum absolute atomic E-state index is 13.1. The smallest absolute Gasteiger partial charge is 0.406 e. The summed E-state index contributed by atoms with van der Waals surface area (Å²) in [4.78, 5) is 16.4. The zero-order valence-corrected chi connectivity index (χ0v) is 15.1. The fourth-order valence-electron chi connectivity index (χ4n) is 3.56. The van der Waals surface area contributed by atoms with E-state index in [0.29, 0.717) is 5.69 Å². The van der Waals surface area contributed by atoms with Gasteiger partial charge in [-0.3, -0.25) is 14.4 Å². The van der Waals surface area contributed by atoms with Crippen LogP contribution in [-0.4, -0.2) is 40.0 Å². The van der Waals surface area contributed by atoms with E-state index in [1.165, 1.54) is 29.2 Å². The summed E-state index contributed by atoms with van der Waals surface area (Å²) in [6.45, 7) is 0. The van der Waals surface area contributed by atoms with E-state index in [1.807, 2.05) is 37.5 Å². The van der Waals surface area contributed by atoms with Gasteiger partial charge in [-0.05, 0) is 36.0 Å². The Morgan fingerprint density at radius 3 is 2.46 bits per heavy atom. The fourth-order valence-corrected chi connectivity index (χ4v) is 3.56. The van der Waals surface area contributed by atoms with Gasteiger partial charge < -0.3 is 9.64 Å². The number of aryl methyl sites for hydroxylation is 1. The second-order valence-corrected chi connectivity index (χ2v) is 6.71. The number of hydrogen-bond acceptors (Lipinski definition) is 4. The second kappa shape index (κ2) is 6.43. The van der Waals surface area contributed by atoms with Crippen LogP contribution in [0.15, 0.2) is 55.1 Å². The van der Waals surface area contributed by atoms with Crippen molar-refractivity contribution in [2.24, 2.45) is 13.0 Å². The molecule has 0 saturated heterocycles. The number of likely N-dealkylation sites (N-methyl/N-ethyl adjacent to an activating group) is 1. The summed E-state index contributed by atoms with van der Waals surface area (Å²) in [6, 6.07) is 4.82. The second-order valence-electron chi connectivity index (χ2n) is 6.71. The Kier molecular flexibility index (Phi) is 4.17. The van der Waals surface area contributed by atoms with Gasteiger partial charge >= 0.3 is 6.36 Å². The minimum atomic E-state index is -4.76. The van der Waals surface area contributed by atoms with E-state index < -0.39 is 12.4 Å². The Hall–Kier alpha value is -3.23. The van der Waals surface area contributed by atoms with Gasteiger partial charge in [0.25, 0.3) is 5.91 Å². The van der Waals surface area contributed by atoms with Gasteiger partial charge in [0.05, 0.1) is 6.20 Å². The molecule has 2 unspecified atom stereocenters. The van der Waals surface area contributed by atoms with Crippen molar-refractivity contribution in [3.8, 4) is 5.75 Å². The molecule has 0 radical (unpaired) electrons. The Labute approximate surface area is 159 Å². The van der Waals surface area contributed by atoms with Crippen LogP contribution >= 0.6 is 0 Å². The van der Waals surface area contributed by atoms with Crippen LogP contribution in [-0.2, 0) is 11.8 Å². The lowest BCUT2D eigenvalue weighted by atomic mass is 9.86. The molecule has 4 rings (SSSR count). The molecule has 2 aromatic rings. The molecule has 1 aromatic heterocycles. The van der Waals surface area contributed by atoms with Gasteiger partial charge in [-0.2, -0.15) is 5.10 Å². The predicted molar refractivity (Wildman–Crippen MR) is 96.0 cm³/mol. The Morgan fingerprint density at radius 2 is 1.86 bits per heavy atom. The molecule has 9 heteroatoms. The highest BCUT2D eigenvalue weighted by Crippen LogP contribution is 2.39. The standard InChI is InChI=1S/C19H17F3N4O2/c1-24-8-7-15-16(12-9-23-25(2)10-12)11-26(18(27)17(15)24)13-3-5-14(6-4-13)28-19(20,21)22/h3-11,15,17H,1-2H3. The first-order valence-electron chi connectivity index (χ1n) is 8.53. The lowest BCUT2D eigenvalue weighted by molar-refractivity contribution is -0.274. The molecule has 2 aliphatic rings. The minimum Gasteiger partial charge on any atom is -0.406 e. The molecule has 0 aliphatic carbocycles. The molecule has 1 amide bonds. The highest BCUT2D eigenvalue weighted by atomic mass is 19.4. The molecule has 0 saturated carbocycles. The first kappa shape index (κ1) is 18.1. The summed E-state index contributed by atoms with van der Waals surface area (Å²) in [5.74, 6) is -0.616. The van der Waals surface area contributed by atoms with Crippen LogP contribution in [0.4, 0.5) is 18.9 Å². The van der Waals surface area contributed by atoms with Crippen LogP contribution in [0, 0.1) is 5.92 Å². The number of hydrogen-bond donors (Lipinski definition) is 0. The molecule has 0 bridgehead atoms. The van der Waals surface area contributed by atoms with E-state index in [1.54, 1.807) is 17.1 Å². The van der Waals surface area contributed by atoms with Crippen molar-refractivity contribution >= 4 is 17.2 Å². The van der Waals surface area contributed by atoms with Crippen LogP contribution in [0.25, 0.3) is 5.57 Å². The third-order valence-corrected chi connectivity index (χ3v) is 4.81. The summed E-state index contributed by atoms with van der Waals surface area (Å²) in [7, 11) is 3.63. The zero-order valence-electron chi connectivity index (χ0n) is 15.1. The van der Waals surface area contributed by atoms with E-state index in [0.717, 1.165) is 11.1 Å². The summed E-state index contributed by atoms with van der Waals surface area (Å²) in [5.41, 5.74) is 2.25. The van der Waals surface area contributed by atoms with Crippen molar-refractivity contribution in [2.45, 2.75) is 12.4 Å². The van der Waals surface area contributed by atoms with Gasteiger partial charge in [0, 0.05) is 43.7 Å². The number of ether oxygens (including phenoxy) is 1. The first-order chi connectivity index (χ1) is 13.2. The van der Waals surface area contributed by atoms with E-state index in [9.17, 15) is 18.0 Å². The number of aromatic nitrogens is 2. The third kappa shape index (κ3) is 3.23. The molecular formula is C19H17F3N4O2. The molecule has 0 N–H and O–H groups in total. The highest BCUT2D eigenvalue weighted by molar-refractivity contribution is 6.05. The van der Waals surface area contributed by atoms with Crippen molar-refractivity contribution < 1.29 is 22.7 Å². The number of alkyl halides is 3. The minimum absolute atomic E-state index is 0.120. The molecule has 3 heterocycles. The lowest BCUT2D eigenvalue weighted by Gasteiger charge is -2.36. The van der Waals surface area contributed by atoms with Gasteiger partial charge in [0.1, 0.15) is 11.8 Å². The largest absolute Gasteiger partial charge is 0.573 e. The topological polar surface area (TPSA) is 50.6 Å². The van der Waals surface area contributed by atoms with Crippen LogP contribution in [0.3, 0.4) is 0 Å². The number of anilines is 1. The van der Waals surface area contributed by atoms with E-state index in [-0.39, 0.29) is 17.6 Å². The van der Waals surface area contributed by atoms with Gasteiger partial charge in [-0.25, -0.2) is 0 Å². The monoisotopic (exact) mass is 390 g/mol.